The number of rotatable bonds is 5. The van der Waals surface area contributed by atoms with Crippen molar-refractivity contribution in [2.24, 2.45) is 11.3 Å². The summed E-state index contributed by atoms with van der Waals surface area (Å²) in [5, 5.41) is 17.5. The molecule has 23 heavy (non-hydrogen) atoms. The Labute approximate surface area is 138 Å². The number of aromatic nitrogens is 2. The van der Waals surface area contributed by atoms with Crippen LogP contribution in [0.15, 0.2) is 4.42 Å². The van der Waals surface area contributed by atoms with Gasteiger partial charge in [0, 0.05) is 26.6 Å². The lowest BCUT2D eigenvalue weighted by Crippen LogP contribution is -2.42. The van der Waals surface area contributed by atoms with Crippen molar-refractivity contribution in [1.82, 2.24) is 20.0 Å². The maximum Gasteiger partial charge on any atom is 0.233 e. The topological polar surface area (TPSA) is 65.6 Å². The van der Waals surface area contributed by atoms with Gasteiger partial charge in [-0.2, -0.15) is 0 Å². The second kappa shape index (κ2) is 6.87. The average molecular weight is 322 g/mol. The van der Waals surface area contributed by atoms with Crippen LogP contribution in [0.25, 0.3) is 0 Å². The van der Waals surface area contributed by atoms with Crippen LogP contribution in [0.3, 0.4) is 0 Å². The molecule has 6 heteroatoms. The van der Waals surface area contributed by atoms with E-state index in [0.717, 1.165) is 45.0 Å². The predicted molar refractivity (Wildman–Crippen MR) is 88.0 cm³/mol. The zero-order valence-corrected chi connectivity index (χ0v) is 14.7. The van der Waals surface area contributed by atoms with Crippen LogP contribution >= 0.6 is 0 Å². The summed E-state index contributed by atoms with van der Waals surface area (Å²) in [6.45, 7) is 11.8. The largest absolute Gasteiger partial charge is 0.424 e. The highest BCUT2D eigenvalue weighted by Crippen LogP contribution is 2.48. The van der Waals surface area contributed by atoms with E-state index in [-0.39, 0.29) is 12.6 Å². The van der Waals surface area contributed by atoms with Crippen molar-refractivity contribution in [2.75, 3.05) is 39.3 Å². The van der Waals surface area contributed by atoms with Gasteiger partial charge in [-0.15, -0.1) is 10.2 Å². The normalized spacial score (nSPS) is 25.7. The fourth-order valence-electron chi connectivity index (χ4n) is 4.25. The highest BCUT2D eigenvalue weighted by atomic mass is 16.4. The molecular weight excluding hydrogens is 292 g/mol. The number of piperidine rings is 1. The number of nitrogens with zero attached hydrogens (tertiary/aromatic N) is 4. The summed E-state index contributed by atoms with van der Waals surface area (Å²) in [5.74, 6) is 2.08. The Balaban J connectivity index is 1.72. The summed E-state index contributed by atoms with van der Waals surface area (Å²) in [5.41, 5.74) is 0.369. The minimum absolute atomic E-state index is 0.260. The predicted octanol–water partition coefficient (Wildman–Crippen LogP) is 1.86. The van der Waals surface area contributed by atoms with Crippen molar-refractivity contribution in [3.8, 4) is 0 Å². The summed E-state index contributed by atoms with van der Waals surface area (Å²) in [7, 11) is 0. The van der Waals surface area contributed by atoms with Crippen molar-refractivity contribution >= 4 is 0 Å². The summed E-state index contributed by atoms with van der Waals surface area (Å²) < 4.78 is 5.77. The van der Waals surface area contributed by atoms with Gasteiger partial charge in [-0.25, -0.2) is 0 Å². The molecule has 0 aromatic carbocycles. The number of hydrogen-bond donors (Lipinski definition) is 1. The number of likely N-dealkylation sites (tertiary alicyclic amines) is 2. The molecule has 1 unspecified atom stereocenters. The molecule has 1 atom stereocenters. The van der Waals surface area contributed by atoms with Gasteiger partial charge in [0.2, 0.25) is 11.8 Å². The van der Waals surface area contributed by atoms with Crippen LogP contribution in [0.1, 0.15) is 50.9 Å². The van der Waals surface area contributed by atoms with Gasteiger partial charge in [0.25, 0.3) is 0 Å². The molecule has 1 aromatic rings. The third-order valence-corrected chi connectivity index (χ3v) is 5.36. The van der Waals surface area contributed by atoms with Gasteiger partial charge in [-0.05, 0) is 43.7 Å². The van der Waals surface area contributed by atoms with Crippen LogP contribution in [0.4, 0.5) is 0 Å². The molecule has 0 saturated carbocycles. The van der Waals surface area contributed by atoms with Gasteiger partial charge >= 0.3 is 0 Å². The molecule has 2 aliphatic heterocycles. The summed E-state index contributed by atoms with van der Waals surface area (Å²) in [6, 6.07) is 0.267. The molecule has 0 bridgehead atoms. The standard InChI is InChI=1S/C17H30N4O2/c1-13(2)11-21-12-17(4-6-20(7-5-17)8-9-22)10-15(21)16-19-18-14(3)23-16/h13,15,22H,4-12H2,1-3H3. The summed E-state index contributed by atoms with van der Waals surface area (Å²) >= 11 is 0. The summed E-state index contributed by atoms with van der Waals surface area (Å²) in [6.07, 6.45) is 3.52. The first kappa shape index (κ1) is 16.9. The van der Waals surface area contributed by atoms with Gasteiger partial charge in [-0.3, -0.25) is 4.90 Å². The monoisotopic (exact) mass is 322 g/mol. The smallest absolute Gasteiger partial charge is 0.233 e. The Morgan fingerprint density at radius 1 is 1.30 bits per heavy atom. The van der Waals surface area contributed by atoms with E-state index >= 15 is 0 Å². The third kappa shape index (κ3) is 3.75. The van der Waals surface area contributed by atoms with Gasteiger partial charge in [0.1, 0.15) is 0 Å². The van der Waals surface area contributed by atoms with Crippen LogP contribution in [0, 0.1) is 18.3 Å². The van der Waals surface area contributed by atoms with Crippen molar-refractivity contribution in [3.63, 3.8) is 0 Å². The molecule has 1 N–H and O–H groups in total. The zero-order chi connectivity index (χ0) is 16.4. The second-order valence-electron chi connectivity index (χ2n) is 7.77. The Bertz CT molecular complexity index is 508. The maximum atomic E-state index is 9.13. The van der Waals surface area contributed by atoms with Crippen molar-refractivity contribution in [3.05, 3.63) is 11.8 Å². The van der Waals surface area contributed by atoms with Crippen LogP contribution in [0.5, 0.6) is 0 Å². The van der Waals surface area contributed by atoms with Crippen molar-refractivity contribution < 1.29 is 9.52 Å². The molecule has 1 aromatic heterocycles. The molecule has 3 heterocycles. The van der Waals surface area contributed by atoms with E-state index in [9.17, 15) is 0 Å². The Morgan fingerprint density at radius 2 is 2.04 bits per heavy atom. The van der Waals surface area contributed by atoms with Gasteiger partial charge < -0.3 is 14.4 Å². The first-order valence-electron chi connectivity index (χ1n) is 8.89. The van der Waals surface area contributed by atoms with E-state index in [1.807, 2.05) is 6.92 Å². The van der Waals surface area contributed by atoms with Crippen molar-refractivity contribution in [1.29, 1.82) is 0 Å². The maximum absolute atomic E-state index is 9.13. The number of aryl methyl sites for hydroxylation is 1. The molecule has 2 aliphatic rings. The minimum Gasteiger partial charge on any atom is -0.424 e. The molecular formula is C17H30N4O2. The second-order valence-corrected chi connectivity index (χ2v) is 7.77. The molecule has 0 amide bonds. The first-order valence-corrected chi connectivity index (χ1v) is 8.89. The van der Waals surface area contributed by atoms with Crippen molar-refractivity contribution in [2.45, 2.75) is 46.1 Å². The number of aliphatic hydroxyl groups excluding tert-OH is 1. The van der Waals surface area contributed by atoms with E-state index < -0.39 is 0 Å². The molecule has 2 fully saturated rings. The van der Waals surface area contributed by atoms with Crippen LogP contribution in [-0.2, 0) is 0 Å². The van der Waals surface area contributed by atoms with Crippen LogP contribution < -0.4 is 0 Å². The average Bonchev–Trinajstić information content (AvgIpc) is 3.06. The van der Waals surface area contributed by atoms with Gasteiger partial charge in [0.05, 0.1) is 12.6 Å². The lowest BCUT2D eigenvalue weighted by molar-refractivity contribution is 0.0912. The number of hydrogen-bond acceptors (Lipinski definition) is 6. The Kier molecular flexibility index (Phi) is 5.04. The molecule has 1 spiro atoms. The highest BCUT2D eigenvalue weighted by Gasteiger charge is 2.47. The zero-order valence-electron chi connectivity index (χ0n) is 14.7. The molecule has 0 radical (unpaired) electrons. The molecule has 6 nitrogen and oxygen atoms in total. The number of aliphatic hydroxyl groups is 1. The van der Waals surface area contributed by atoms with E-state index in [2.05, 4.69) is 33.8 Å². The molecule has 3 rings (SSSR count). The fraction of sp³-hybridized carbons (Fsp3) is 0.882. The fourth-order valence-corrected chi connectivity index (χ4v) is 4.25. The molecule has 130 valence electrons. The van der Waals surface area contributed by atoms with Crippen LogP contribution in [0.2, 0.25) is 0 Å². The van der Waals surface area contributed by atoms with E-state index in [0.29, 0.717) is 17.2 Å². The highest BCUT2D eigenvalue weighted by molar-refractivity contribution is 5.04. The minimum atomic E-state index is 0.260. The van der Waals surface area contributed by atoms with E-state index in [1.54, 1.807) is 0 Å². The lowest BCUT2D eigenvalue weighted by Gasteiger charge is -2.39. The third-order valence-electron chi connectivity index (χ3n) is 5.36. The summed E-state index contributed by atoms with van der Waals surface area (Å²) in [4.78, 5) is 4.93. The SMILES string of the molecule is Cc1nnc(C2CC3(CCN(CCO)CC3)CN2CC(C)C)o1. The van der Waals surface area contributed by atoms with Gasteiger partial charge in [0.15, 0.2) is 0 Å². The lowest BCUT2D eigenvalue weighted by atomic mass is 9.76. The quantitative estimate of drug-likeness (QED) is 0.892. The van der Waals surface area contributed by atoms with Crippen LogP contribution in [-0.4, -0.2) is 64.4 Å². The molecule has 2 saturated heterocycles. The van der Waals surface area contributed by atoms with Gasteiger partial charge in [-0.1, -0.05) is 13.8 Å². The number of β-amino-alcohol motifs (C(OH)–C–C–N with tert-alkyl or cyclic N) is 1. The first-order chi connectivity index (χ1) is 11.0. The van der Waals surface area contributed by atoms with E-state index in [4.69, 9.17) is 9.52 Å². The van der Waals surface area contributed by atoms with E-state index in [1.165, 1.54) is 12.8 Å². The molecule has 0 aliphatic carbocycles. The Hall–Kier alpha value is -0.980. The Morgan fingerprint density at radius 3 is 2.61 bits per heavy atom.